The van der Waals surface area contributed by atoms with Crippen LogP contribution in [0.5, 0.6) is 0 Å². The average Bonchev–Trinajstić information content (AvgIpc) is 2.42. The number of rotatable bonds is 5. The molecule has 0 bridgehead atoms. The second kappa shape index (κ2) is 7.04. The first-order valence-electron chi connectivity index (χ1n) is 7.52. The molecule has 0 aromatic carbocycles. The fourth-order valence-electron chi connectivity index (χ4n) is 2.98. The molecule has 112 valence electrons. The zero-order valence-corrected chi connectivity index (χ0v) is 13.2. The van der Waals surface area contributed by atoms with Crippen molar-refractivity contribution in [3.8, 4) is 0 Å². The van der Waals surface area contributed by atoms with E-state index in [-0.39, 0.29) is 0 Å². The fourth-order valence-corrected chi connectivity index (χ4v) is 2.98. The quantitative estimate of drug-likeness (QED) is 0.896. The van der Waals surface area contributed by atoms with E-state index in [0.29, 0.717) is 5.92 Å². The SMILES string of the molecule is CNCc1c(C)cc(C)nc1N(C)CC1CCCOC1. The first-order valence-corrected chi connectivity index (χ1v) is 7.52. The Morgan fingerprint density at radius 3 is 2.90 bits per heavy atom. The molecule has 0 aliphatic carbocycles. The smallest absolute Gasteiger partial charge is 0.133 e. The second-order valence-electron chi connectivity index (χ2n) is 5.88. The van der Waals surface area contributed by atoms with Crippen molar-refractivity contribution < 1.29 is 4.74 Å². The van der Waals surface area contributed by atoms with Crippen molar-refractivity contribution in [2.75, 3.05) is 38.8 Å². The topological polar surface area (TPSA) is 37.4 Å². The molecule has 1 aliphatic heterocycles. The van der Waals surface area contributed by atoms with Gasteiger partial charge in [0.05, 0.1) is 6.61 Å². The number of aryl methyl sites for hydroxylation is 2. The number of hydrogen-bond acceptors (Lipinski definition) is 4. The van der Waals surface area contributed by atoms with Crippen molar-refractivity contribution in [3.05, 3.63) is 22.9 Å². The summed E-state index contributed by atoms with van der Waals surface area (Å²) in [6.07, 6.45) is 2.44. The van der Waals surface area contributed by atoms with Crippen molar-refractivity contribution in [1.29, 1.82) is 0 Å². The maximum absolute atomic E-state index is 5.58. The predicted octanol–water partition coefficient (Wildman–Crippen LogP) is 2.28. The maximum Gasteiger partial charge on any atom is 0.133 e. The number of ether oxygens (including phenoxy) is 1. The monoisotopic (exact) mass is 277 g/mol. The Bertz CT molecular complexity index is 442. The highest BCUT2D eigenvalue weighted by molar-refractivity contribution is 5.51. The molecule has 1 N–H and O–H groups in total. The minimum absolute atomic E-state index is 0.624. The van der Waals surface area contributed by atoms with Crippen molar-refractivity contribution in [3.63, 3.8) is 0 Å². The molecule has 2 rings (SSSR count). The number of hydrogen-bond donors (Lipinski definition) is 1. The van der Waals surface area contributed by atoms with Gasteiger partial charge in [-0.2, -0.15) is 0 Å². The van der Waals surface area contributed by atoms with E-state index in [4.69, 9.17) is 9.72 Å². The maximum atomic E-state index is 5.58. The molecule has 1 aliphatic rings. The van der Waals surface area contributed by atoms with Gasteiger partial charge < -0.3 is 15.0 Å². The fraction of sp³-hybridized carbons (Fsp3) is 0.688. The van der Waals surface area contributed by atoms with Crippen LogP contribution in [0.15, 0.2) is 6.07 Å². The summed E-state index contributed by atoms with van der Waals surface area (Å²) in [5.41, 5.74) is 3.70. The molecule has 1 unspecified atom stereocenters. The lowest BCUT2D eigenvalue weighted by Gasteiger charge is -2.29. The lowest BCUT2D eigenvalue weighted by Crippen LogP contribution is -2.32. The van der Waals surface area contributed by atoms with Gasteiger partial charge >= 0.3 is 0 Å². The zero-order valence-electron chi connectivity index (χ0n) is 13.2. The first kappa shape index (κ1) is 15.3. The molecule has 0 radical (unpaired) electrons. The normalized spacial score (nSPS) is 19.1. The Morgan fingerprint density at radius 1 is 1.45 bits per heavy atom. The van der Waals surface area contributed by atoms with E-state index in [1.807, 2.05) is 7.05 Å². The molecule has 1 atom stereocenters. The van der Waals surface area contributed by atoms with Crippen LogP contribution in [0.1, 0.15) is 29.7 Å². The van der Waals surface area contributed by atoms with E-state index in [1.54, 1.807) is 0 Å². The summed E-state index contributed by atoms with van der Waals surface area (Å²) in [7, 11) is 4.13. The molecule has 20 heavy (non-hydrogen) atoms. The number of nitrogens with zero attached hydrogens (tertiary/aromatic N) is 2. The predicted molar refractivity (Wildman–Crippen MR) is 83.3 cm³/mol. The van der Waals surface area contributed by atoms with Crippen LogP contribution >= 0.6 is 0 Å². The van der Waals surface area contributed by atoms with Crippen molar-refractivity contribution in [2.45, 2.75) is 33.2 Å². The summed E-state index contributed by atoms with van der Waals surface area (Å²) in [6, 6.07) is 2.16. The largest absolute Gasteiger partial charge is 0.381 e. The molecule has 4 nitrogen and oxygen atoms in total. The van der Waals surface area contributed by atoms with Gasteiger partial charge in [0, 0.05) is 38.0 Å². The lowest BCUT2D eigenvalue weighted by molar-refractivity contribution is 0.0576. The van der Waals surface area contributed by atoms with E-state index in [9.17, 15) is 0 Å². The summed E-state index contributed by atoms with van der Waals surface area (Å²) in [5, 5.41) is 3.25. The van der Waals surface area contributed by atoms with Gasteiger partial charge in [-0.15, -0.1) is 0 Å². The van der Waals surface area contributed by atoms with Crippen LogP contribution in [-0.2, 0) is 11.3 Å². The summed E-state index contributed by atoms with van der Waals surface area (Å²) in [6.45, 7) is 7.93. The third-order valence-electron chi connectivity index (χ3n) is 3.96. The van der Waals surface area contributed by atoms with Crippen molar-refractivity contribution >= 4 is 5.82 Å². The molecule has 1 fully saturated rings. The highest BCUT2D eigenvalue weighted by atomic mass is 16.5. The minimum atomic E-state index is 0.624. The van der Waals surface area contributed by atoms with Crippen LogP contribution < -0.4 is 10.2 Å². The number of pyridine rings is 1. The molecule has 0 saturated carbocycles. The van der Waals surface area contributed by atoms with Gasteiger partial charge in [0.1, 0.15) is 5.82 Å². The second-order valence-corrected chi connectivity index (χ2v) is 5.88. The van der Waals surface area contributed by atoms with Crippen LogP contribution in [-0.4, -0.2) is 38.8 Å². The van der Waals surface area contributed by atoms with Crippen LogP contribution in [0.4, 0.5) is 5.82 Å². The molecule has 2 heterocycles. The van der Waals surface area contributed by atoms with Gasteiger partial charge in [-0.25, -0.2) is 4.98 Å². The minimum Gasteiger partial charge on any atom is -0.381 e. The highest BCUT2D eigenvalue weighted by Crippen LogP contribution is 2.24. The van der Waals surface area contributed by atoms with Gasteiger partial charge in [-0.3, -0.25) is 0 Å². The van der Waals surface area contributed by atoms with Gasteiger partial charge in [-0.05, 0) is 51.3 Å². The molecular weight excluding hydrogens is 250 g/mol. The van der Waals surface area contributed by atoms with Crippen molar-refractivity contribution in [1.82, 2.24) is 10.3 Å². The number of nitrogens with one attached hydrogen (secondary N) is 1. The number of aromatic nitrogens is 1. The Kier molecular flexibility index (Phi) is 5.38. The van der Waals surface area contributed by atoms with Crippen LogP contribution in [0.25, 0.3) is 0 Å². The average molecular weight is 277 g/mol. The molecule has 1 aromatic rings. The molecule has 1 saturated heterocycles. The van der Waals surface area contributed by atoms with Crippen LogP contribution in [0.2, 0.25) is 0 Å². The van der Waals surface area contributed by atoms with Gasteiger partial charge in [-0.1, -0.05) is 0 Å². The highest BCUT2D eigenvalue weighted by Gasteiger charge is 2.19. The molecule has 0 amide bonds. The standard InChI is InChI=1S/C16H27N3O/c1-12-8-13(2)18-16(15(12)9-17-3)19(4)10-14-6-5-7-20-11-14/h8,14,17H,5-7,9-11H2,1-4H3. The van der Waals surface area contributed by atoms with E-state index < -0.39 is 0 Å². The van der Waals surface area contributed by atoms with Gasteiger partial charge in [0.2, 0.25) is 0 Å². The van der Waals surface area contributed by atoms with E-state index in [1.165, 1.54) is 24.0 Å². The van der Waals surface area contributed by atoms with E-state index >= 15 is 0 Å². The molecular formula is C16H27N3O. The van der Waals surface area contributed by atoms with Crippen LogP contribution in [0.3, 0.4) is 0 Å². The first-order chi connectivity index (χ1) is 9.61. The van der Waals surface area contributed by atoms with E-state index in [0.717, 1.165) is 37.8 Å². The van der Waals surface area contributed by atoms with Crippen LogP contribution in [0, 0.1) is 19.8 Å². The Labute approximate surface area is 122 Å². The molecule has 4 heteroatoms. The summed E-state index contributed by atoms with van der Waals surface area (Å²) in [4.78, 5) is 7.06. The molecule has 1 aromatic heterocycles. The number of anilines is 1. The van der Waals surface area contributed by atoms with Gasteiger partial charge in [0.15, 0.2) is 0 Å². The Hall–Kier alpha value is -1.13. The summed E-state index contributed by atoms with van der Waals surface area (Å²) < 4.78 is 5.58. The Balaban J connectivity index is 2.16. The Morgan fingerprint density at radius 2 is 2.25 bits per heavy atom. The summed E-state index contributed by atoms with van der Waals surface area (Å²) >= 11 is 0. The lowest BCUT2D eigenvalue weighted by atomic mass is 10.0. The third-order valence-corrected chi connectivity index (χ3v) is 3.96. The zero-order chi connectivity index (χ0) is 14.5. The van der Waals surface area contributed by atoms with Crippen molar-refractivity contribution in [2.24, 2.45) is 5.92 Å². The van der Waals surface area contributed by atoms with Gasteiger partial charge in [0.25, 0.3) is 0 Å². The van der Waals surface area contributed by atoms with E-state index in [2.05, 4.69) is 37.2 Å². The summed E-state index contributed by atoms with van der Waals surface area (Å²) in [5.74, 6) is 1.74. The molecule has 0 spiro atoms. The third kappa shape index (κ3) is 3.70.